The maximum absolute atomic E-state index is 11.1. The summed E-state index contributed by atoms with van der Waals surface area (Å²) < 4.78 is 1.72. The molecule has 0 fully saturated rings. The fraction of sp³-hybridized carbons (Fsp3) is 0.467. The lowest BCUT2D eigenvalue weighted by atomic mass is 10.3. The SMILES string of the molecule is CC.CCC.CCc1nc(C(N)=O)n2ccccc12. The molecule has 2 rings (SSSR count). The molecule has 0 aliphatic rings. The number of imidazole rings is 1. The van der Waals surface area contributed by atoms with Gasteiger partial charge in [-0.25, -0.2) is 4.98 Å². The maximum atomic E-state index is 11.1. The second-order valence-corrected chi connectivity index (χ2v) is 3.76. The minimum atomic E-state index is -0.495. The molecule has 2 aromatic heterocycles. The number of hydrogen-bond acceptors (Lipinski definition) is 2. The van der Waals surface area contributed by atoms with E-state index in [9.17, 15) is 4.79 Å². The van der Waals surface area contributed by atoms with Crippen molar-refractivity contribution in [1.29, 1.82) is 0 Å². The zero-order valence-corrected chi connectivity index (χ0v) is 12.6. The predicted octanol–water partition coefficient (Wildman–Crippen LogP) is 3.44. The zero-order chi connectivity index (χ0) is 14.8. The van der Waals surface area contributed by atoms with Gasteiger partial charge in [0, 0.05) is 6.20 Å². The van der Waals surface area contributed by atoms with E-state index in [1.165, 1.54) is 6.42 Å². The molecule has 0 aliphatic heterocycles. The van der Waals surface area contributed by atoms with Crippen molar-refractivity contribution >= 4 is 11.4 Å². The molecule has 4 heteroatoms. The molecule has 0 saturated carbocycles. The van der Waals surface area contributed by atoms with Crippen LogP contribution in [0.15, 0.2) is 24.4 Å². The second kappa shape index (κ2) is 9.14. The number of nitrogens with zero attached hydrogens (tertiary/aromatic N) is 2. The van der Waals surface area contributed by atoms with Gasteiger partial charge in [0.05, 0.1) is 11.2 Å². The molecular formula is C15H25N3O. The van der Waals surface area contributed by atoms with Crippen LogP contribution in [0.2, 0.25) is 0 Å². The number of hydrogen-bond donors (Lipinski definition) is 1. The number of amides is 1. The summed E-state index contributed by atoms with van der Waals surface area (Å²) in [6.45, 7) is 10.3. The van der Waals surface area contributed by atoms with Crippen LogP contribution in [0.3, 0.4) is 0 Å². The summed E-state index contributed by atoms with van der Waals surface area (Å²) in [5, 5.41) is 0. The number of nitrogens with two attached hydrogens (primary N) is 1. The van der Waals surface area contributed by atoms with Crippen molar-refractivity contribution in [3.8, 4) is 0 Å². The largest absolute Gasteiger partial charge is 0.363 e. The number of aromatic nitrogens is 2. The Morgan fingerprint density at radius 3 is 2.32 bits per heavy atom. The van der Waals surface area contributed by atoms with Crippen molar-refractivity contribution in [3.63, 3.8) is 0 Å². The molecule has 0 radical (unpaired) electrons. The van der Waals surface area contributed by atoms with E-state index < -0.39 is 5.91 Å². The van der Waals surface area contributed by atoms with Crippen molar-refractivity contribution in [3.05, 3.63) is 35.9 Å². The lowest BCUT2D eigenvalue weighted by Gasteiger charge is -1.95. The van der Waals surface area contributed by atoms with Crippen LogP contribution in [-0.2, 0) is 6.42 Å². The van der Waals surface area contributed by atoms with Gasteiger partial charge in [0.2, 0.25) is 5.82 Å². The first-order chi connectivity index (χ1) is 9.15. The lowest BCUT2D eigenvalue weighted by molar-refractivity contribution is 0.0990. The van der Waals surface area contributed by atoms with Crippen molar-refractivity contribution in [1.82, 2.24) is 9.38 Å². The Morgan fingerprint density at radius 2 is 1.84 bits per heavy atom. The van der Waals surface area contributed by atoms with Gasteiger partial charge >= 0.3 is 0 Å². The van der Waals surface area contributed by atoms with Gasteiger partial charge in [-0.1, -0.05) is 47.1 Å². The van der Waals surface area contributed by atoms with Crippen LogP contribution in [0.5, 0.6) is 0 Å². The lowest BCUT2D eigenvalue weighted by Crippen LogP contribution is -2.15. The molecule has 0 aliphatic carbocycles. The summed E-state index contributed by atoms with van der Waals surface area (Å²) in [6.07, 6.45) is 3.84. The molecule has 0 spiro atoms. The normalized spacial score (nSPS) is 9.11. The van der Waals surface area contributed by atoms with E-state index in [1.54, 1.807) is 10.6 Å². The van der Waals surface area contributed by atoms with Gasteiger partial charge < -0.3 is 5.73 Å². The molecule has 0 unspecified atom stereocenters. The maximum Gasteiger partial charge on any atom is 0.285 e. The Morgan fingerprint density at radius 1 is 1.26 bits per heavy atom. The molecule has 19 heavy (non-hydrogen) atoms. The Labute approximate surface area is 115 Å². The third kappa shape index (κ3) is 4.39. The standard InChI is InChI=1S/C10H11N3O.C3H8.C2H6/c1-2-7-8-5-3-4-6-13(8)10(12-7)9(11)14;1-3-2;1-2/h3-6H,2H2,1H3,(H2,11,14);3H2,1-2H3;1-2H3. The second-order valence-electron chi connectivity index (χ2n) is 3.76. The van der Waals surface area contributed by atoms with Crippen molar-refractivity contribution < 1.29 is 4.79 Å². The summed E-state index contributed by atoms with van der Waals surface area (Å²) in [5.41, 5.74) is 7.08. The molecule has 0 saturated heterocycles. The molecule has 1 amide bonds. The number of primary amides is 1. The number of carbonyl (C=O) groups excluding carboxylic acids is 1. The Bertz CT molecular complexity index is 503. The van der Waals surface area contributed by atoms with Crippen LogP contribution < -0.4 is 5.73 Å². The Hall–Kier alpha value is -1.84. The smallest absolute Gasteiger partial charge is 0.285 e. The van der Waals surface area contributed by atoms with Crippen LogP contribution in [0, 0.1) is 0 Å². The first-order valence-corrected chi connectivity index (χ1v) is 6.91. The van der Waals surface area contributed by atoms with E-state index in [2.05, 4.69) is 18.8 Å². The zero-order valence-electron chi connectivity index (χ0n) is 12.6. The van der Waals surface area contributed by atoms with E-state index >= 15 is 0 Å². The van der Waals surface area contributed by atoms with Gasteiger partial charge in [0.25, 0.3) is 5.91 Å². The van der Waals surface area contributed by atoms with Gasteiger partial charge in [-0.3, -0.25) is 9.20 Å². The van der Waals surface area contributed by atoms with Crippen LogP contribution in [0.25, 0.3) is 5.52 Å². The average molecular weight is 263 g/mol. The number of carbonyl (C=O) groups is 1. The van der Waals surface area contributed by atoms with E-state index in [4.69, 9.17) is 5.73 Å². The molecule has 2 heterocycles. The number of fused-ring (bicyclic) bond motifs is 1. The topological polar surface area (TPSA) is 60.4 Å². The van der Waals surface area contributed by atoms with Crippen LogP contribution in [-0.4, -0.2) is 15.3 Å². The third-order valence-corrected chi connectivity index (χ3v) is 2.18. The summed E-state index contributed by atoms with van der Waals surface area (Å²) >= 11 is 0. The highest BCUT2D eigenvalue weighted by atomic mass is 16.1. The quantitative estimate of drug-likeness (QED) is 0.902. The molecule has 2 N–H and O–H groups in total. The molecule has 0 aromatic carbocycles. The minimum absolute atomic E-state index is 0.303. The highest BCUT2D eigenvalue weighted by Gasteiger charge is 2.12. The van der Waals surface area contributed by atoms with E-state index in [-0.39, 0.29) is 0 Å². The van der Waals surface area contributed by atoms with Gasteiger partial charge in [-0.05, 0) is 18.6 Å². The number of aryl methyl sites for hydroxylation is 1. The van der Waals surface area contributed by atoms with Crippen molar-refractivity contribution in [2.75, 3.05) is 0 Å². The monoisotopic (exact) mass is 263 g/mol. The van der Waals surface area contributed by atoms with Crippen molar-refractivity contribution in [2.24, 2.45) is 5.73 Å². The van der Waals surface area contributed by atoms with Gasteiger partial charge in [0.1, 0.15) is 0 Å². The summed E-state index contributed by atoms with van der Waals surface area (Å²) in [4.78, 5) is 15.3. The van der Waals surface area contributed by atoms with E-state index in [0.29, 0.717) is 5.82 Å². The highest BCUT2D eigenvalue weighted by Crippen LogP contribution is 2.12. The fourth-order valence-corrected chi connectivity index (χ4v) is 1.54. The van der Waals surface area contributed by atoms with Gasteiger partial charge in [-0.15, -0.1) is 0 Å². The summed E-state index contributed by atoms with van der Waals surface area (Å²) in [7, 11) is 0. The van der Waals surface area contributed by atoms with E-state index in [0.717, 1.165) is 17.6 Å². The van der Waals surface area contributed by atoms with Crippen LogP contribution in [0.1, 0.15) is 57.4 Å². The third-order valence-electron chi connectivity index (χ3n) is 2.18. The first kappa shape index (κ1) is 17.2. The van der Waals surface area contributed by atoms with Crippen LogP contribution in [0.4, 0.5) is 0 Å². The van der Waals surface area contributed by atoms with Crippen molar-refractivity contribution in [2.45, 2.75) is 47.5 Å². The average Bonchev–Trinajstić information content (AvgIpc) is 2.81. The minimum Gasteiger partial charge on any atom is -0.363 e. The Balaban J connectivity index is 0.000000573. The fourth-order valence-electron chi connectivity index (χ4n) is 1.54. The summed E-state index contributed by atoms with van der Waals surface area (Å²) in [5.74, 6) is -0.191. The molecular weight excluding hydrogens is 238 g/mol. The molecule has 2 aromatic rings. The van der Waals surface area contributed by atoms with Gasteiger partial charge in [-0.2, -0.15) is 0 Å². The summed E-state index contributed by atoms with van der Waals surface area (Å²) in [6, 6.07) is 5.69. The highest BCUT2D eigenvalue weighted by molar-refractivity contribution is 5.90. The number of rotatable bonds is 2. The van der Waals surface area contributed by atoms with Gasteiger partial charge in [0.15, 0.2) is 0 Å². The molecule has 4 nitrogen and oxygen atoms in total. The number of pyridine rings is 1. The van der Waals surface area contributed by atoms with Crippen LogP contribution >= 0.6 is 0 Å². The Kier molecular flexibility index (Phi) is 8.25. The molecule has 0 atom stereocenters. The molecule has 0 bridgehead atoms. The van der Waals surface area contributed by atoms with E-state index in [1.807, 2.05) is 39.0 Å². The molecule has 106 valence electrons. The first-order valence-electron chi connectivity index (χ1n) is 6.91. The predicted molar refractivity (Wildman–Crippen MR) is 80.4 cm³/mol.